The molecule has 1 heterocycles. The number of para-hydroxylation sites is 1. The number of methoxy groups -OCH3 is 1. The molecule has 8 heteroatoms. The van der Waals surface area contributed by atoms with Crippen molar-refractivity contribution in [3.8, 4) is 5.75 Å². The number of rotatable bonds is 8. The Hall–Kier alpha value is -2.58. The van der Waals surface area contributed by atoms with Gasteiger partial charge in [-0.2, -0.15) is 4.31 Å². The van der Waals surface area contributed by atoms with Crippen LogP contribution in [0.15, 0.2) is 58.4 Å². The number of nitrogens with one attached hydrogen (secondary N) is 2. The second kappa shape index (κ2) is 11.2. The van der Waals surface area contributed by atoms with Crippen LogP contribution in [0.4, 0.5) is 0 Å². The molecule has 1 saturated heterocycles. The number of ether oxygens (including phenoxy) is 1. The molecular formula is C23H32N4O3S. The van der Waals surface area contributed by atoms with Crippen molar-refractivity contribution in [3.63, 3.8) is 0 Å². The molecule has 0 bridgehead atoms. The molecule has 1 aliphatic heterocycles. The fourth-order valence-corrected chi connectivity index (χ4v) is 5.51. The van der Waals surface area contributed by atoms with Crippen LogP contribution in [0.5, 0.6) is 5.75 Å². The van der Waals surface area contributed by atoms with Crippen molar-refractivity contribution >= 4 is 16.0 Å². The van der Waals surface area contributed by atoms with Crippen molar-refractivity contribution in [1.82, 2.24) is 14.9 Å². The Balaban J connectivity index is 1.61. The molecule has 0 spiro atoms. The maximum absolute atomic E-state index is 13.2. The van der Waals surface area contributed by atoms with Gasteiger partial charge in [-0.1, -0.05) is 42.8 Å². The third-order valence-corrected chi connectivity index (χ3v) is 7.45. The highest BCUT2D eigenvalue weighted by Crippen LogP contribution is 2.23. The Morgan fingerprint density at radius 2 is 1.68 bits per heavy atom. The molecule has 0 saturated carbocycles. The summed E-state index contributed by atoms with van der Waals surface area (Å²) in [6, 6.07) is 15.1. The minimum atomic E-state index is -3.49. The van der Waals surface area contributed by atoms with Gasteiger partial charge in [0.05, 0.1) is 12.0 Å². The van der Waals surface area contributed by atoms with Crippen LogP contribution < -0.4 is 15.4 Å². The van der Waals surface area contributed by atoms with Crippen LogP contribution in [0.25, 0.3) is 0 Å². The fourth-order valence-electron chi connectivity index (χ4n) is 3.77. The second-order valence-corrected chi connectivity index (χ2v) is 9.39. The average molecular weight is 445 g/mol. The quantitative estimate of drug-likeness (QED) is 0.483. The molecule has 2 aromatic rings. The first kappa shape index (κ1) is 23.1. The van der Waals surface area contributed by atoms with Crippen LogP contribution >= 0.6 is 0 Å². The number of nitrogens with zero attached hydrogens (tertiary/aromatic N) is 2. The summed E-state index contributed by atoms with van der Waals surface area (Å²) in [5, 5.41) is 6.53. The van der Waals surface area contributed by atoms with Gasteiger partial charge < -0.3 is 15.4 Å². The normalized spacial score (nSPS) is 15.5. The van der Waals surface area contributed by atoms with Gasteiger partial charge in [-0.3, -0.25) is 4.99 Å². The number of hydrogen-bond acceptors (Lipinski definition) is 4. The van der Waals surface area contributed by atoms with E-state index in [-0.39, 0.29) is 0 Å². The van der Waals surface area contributed by atoms with E-state index in [0.29, 0.717) is 37.0 Å². The molecule has 31 heavy (non-hydrogen) atoms. The van der Waals surface area contributed by atoms with Crippen LogP contribution in [-0.4, -0.2) is 52.5 Å². The van der Waals surface area contributed by atoms with Crippen LogP contribution in [0.3, 0.4) is 0 Å². The minimum absolute atomic E-state index is 0.369. The van der Waals surface area contributed by atoms with Crippen molar-refractivity contribution in [2.45, 2.75) is 37.1 Å². The van der Waals surface area contributed by atoms with E-state index >= 15 is 0 Å². The fraction of sp³-hybridized carbons (Fsp3) is 0.435. The third kappa shape index (κ3) is 5.98. The highest BCUT2D eigenvalue weighted by Gasteiger charge is 2.27. The van der Waals surface area contributed by atoms with Crippen LogP contribution in [0.1, 0.15) is 30.4 Å². The van der Waals surface area contributed by atoms with E-state index in [2.05, 4.69) is 15.6 Å². The summed E-state index contributed by atoms with van der Waals surface area (Å²) < 4.78 is 33.3. The highest BCUT2D eigenvalue weighted by atomic mass is 32.2. The first-order valence-corrected chi connectivity index (χ1v) is 12.1. The van der Waals surface area contributed by atoms with E-state index in [1.165, 1.54) is 0 Å². The molecule has 2 N–H and O–H groups in total. The number of sulfonamides is 1. The molecule has 2 aromatic carbocycles. The maximum Gasteiger partial charge on any atom is 0.243 e. The standard InChI is InChI=1S/C23H32N4O3S/c1-24-23(25-15-14-19-10-4-6-12-21(19)30-2)26-18-20-11-5-7-13-22(20)31(28,29)27-16-8-3-9-17-27/h4-7,10-13H,3,8-9,14-18H2,1-2H3,(H2,24,25,26). The summed E-state index contributed by atoms with van der Waals surface area (Å²) in [5.41, 5.74) is 1.85. The Morgan fingerprint density at radius 1 is 1.00 bits per heavy atom. The van der Waals surface area contributed by atoms with Crippen LogP contribution in [-0.2, 0) is 23.0 Å². The summed E-state index contributed by atoms with van der Waals surface area (Å²) in [6.07, 6.45) is 3.71. The lowest BCUT2D eigenvalue weighted by Crippen LogP contribution is -2.39. The molecule has 7 nitrogen and oxygen atoms in total. The molecular weight excluding hydrogens is 412 g/mol. The highest BCUT2D eigenvalue weighted by molar-refractivity contribution is 7.89. The number of guanidine groups is 1. The first-order valence-electron chi connectivity index (χ1n) is 10.7. The number of aliphatic imine (C=N–C) groups is 1. The molecule has 0 radical (unpaired) electrons. The molecule has 168 valence electrons. The molecule has 0 atom stereocenters. The molecule has 0 aromatic heterocycles. The van der Waals surface area contributed by atoms with E-state index in [1.54, 1.807) is 30.6 Å². The van der Waals surface area contributed by atoms with E-state index in [1.807, 2.05) is 36.4 Å². The molecule has 1 fully saturated rings. The summed E-state index contributed by atoms with van der Waals surface area (Å²) in [4.78, 5) is 4.63. The van der Waals surface area contributed by atoms with Gasteiger partial charge in [-0.15, -0.1) is 0 Å². The second-order valence-electron chi connectivity index (χ2n) is 7.49. The summed E-state index contributed by atoms with van der Waals surface area (Å²) >= 11 is 0. The number of benzene rings is 2. The summed E-state index contributed by atoms with van der Waals surface area (Å²) in [7, 11) is -0.117. The smallest absolute Gasteiger partial charge is 0.243 e. The van der Waals surface area contributed by atoms with Gasteiger partial charge in [0, 0.05) is 33.2 Å². The van der Waals surface area contributed by atoms with Gasteiger partial charge in [0.1, 0.15) is 5.75 Å². The van der Waals surface area contributed by atoms with Gasteiger partial charge in [-0.25, -0.2) is 8.42 Å². The lowest BCUT2D eigenvalue weighted by atomic mass is 10.1. The minimum Gasteiger partial charge on any atom is -0.496 e. The van der Waals surface area contributed by atoms with E-state index in [4.69, 9.17) is 4.74 Å². The van der Waals surface area contributed by atoms with E-state index in [0.717, 1.165) is 42.6 Å². The zero-order chi connectivity index (χ0) is 22.1. The Morgan fingerprint density at radius 3 is 2.39 bits per heavy atom. The summed E-state index contributed by atoms with van der Waals surface area (Å²) in [5.74, 6) is 1.49. The topological polar surface area (TPSA) is 83.0 Å². The lowest BCUT2D eigenvalue weighted by Gasteiger charge is -2.27. The third-order valence-electron chi connectivity index (χ3n) is 5.45. The molecule has 3 rings (SSSR count). The van der Waals surface area contributed by atoms with Crippen LogP contribution in [0.2, 0.25) is 0 Å². The monoisotopic (exact) mass is 444 g/mol. The number of hydrogen-bond donors (Lipinski definition) is 2. The van der Waals surface area contributed by atoms with Gasteiger partial charge in [0.25, 0.3) is 0 Å². The van der Waals surface area contributed by atoms with E-state index in [9.17, 15) is 8.42 Å². The van der Waals surface area contributed by atoms with Crippen molar-refractivity contribution in [3.05, 3.63) is 59.7 Å². The zero-order valence-corrected chi connectivity index (χ0v) is 19.1. The Kier molecular flexibility index (Phi) is 8.31. The van der Waals surface area contributed by atoms with Crippen molar-refractivity contribution in [2.24, 2.45) is 4.99 Å². The van der Waals surface area contributed by atoms with E-state index < -0.39 is 10.0 Å². The van der Waals surface area contributed by atoms with Gasteiger partial charge in [-0.05, 0) is 42.5 Å². The molecule has 0 unspecified atom stereocenters. The zero-order valence-electron chi connectivity index (χ0n) is 18.3. The Bertz CT molecular complexity index is 986. The molecule has 0 aliphatic carbocycles. The summed E-state index contributed by atoms with van der Waals surface area (Å²) in [6.45, 7) is 2.23. The SMILES string of the molecule is CN=C(NCCc1ccccc1OC)NCc1ccccc1S(=O)(=O)N1CCCCC1. The molecule has 0 amide bonds. The van der Waals surface area contributed by atoms with Crippen molar-refractivity contribution in [1.29, 1.82) is 0 Å². The lowest BCUT2D eigenvalue weighted by molar-refractivity contribution is 0.346. The van der Waals surface area contributed by atoms with Crippen molar-refractivity contribution < 1.29 is 13.2 Å². The molecule has 1 aliphatic rings. The maximum atomic E-state index is 13.2. The largest absolute Gasteiger partial charge is 0.496 e. The number of piperidine rings is 1. The predicted molar refractivity (Wildman–Crippen MR) is 124 cm³/mol. The Labute approximate surface area is 185 Å². The van der Waals surface area contributed by atoms with Crippen molar-refractivity contribution in [2.75, 3.05) is 33.8 Å². The van der Waals surface area contributed by atoms with Gasteiger partial charge in [0.2, 0.25) is 10.0 Å². The first-order chi connectivity index (χ1) is 15.1. The van der Waals surface area contributed by atoms with Gasteiger partial charge >= 0.3 is 0 Å². The average Bonchev–Trinajstić information content (AvgIpc) is 2.82. The predicted octanol–water partition coefficient (Wildman–Crippen LogP) is 2.78. The van der Waals surface area contributed by atoms with Crippen LogP contribution in [0, 0.1) is 0 Å². The van der Waals surface area contributed by atoms with Gasteiger partial charge in [0.15, 0.2) is 5.96 Å².